The summed E-state index contributed by atoms with van der Waals surface area (Å²) in [6.07, 6.45) is 3.35. The second-order valence-electron chi connectivity index (χ2n) is 3.69. The van der Waals surface area contributed by atoms with E-state index in [1.165, 1.54) is 23.7 Å². The van der Waals surface area contributed by atoms with E-state index in [1.807, 2.05) is 6.26 Å². The maximum absolute atomic E-state index is 13.2. The predicted molar refractivity (Wildman–Crippen MR) is 81.2 cm³/mol. The fourth-order valence-electron chi connectivity index (χ4n) is 1.53. The van der Waals surface area contributed by atoms with E-state index in [4.69, 9.17) is 4.74 Å². The zero-order chi connectivity index (χ0) is 14.1. The van der Waals surface area contributed by atoms with Crippen LogP contribution in [0.2, 0.25) is 0 Å². The fraction of sp³-hybridized carbons (Fsp3) is 0.0833. The molecule has 20 heavy (non-hydrogen) atoms. The summed E-state index contributed by atoms with van der Waals surface area (Å²) in [5.41, 5.74) is 0.602. The maximum atomic E-state index is 13.2. The van der Waals surface area contributed by atoms with Crippen LogP contribution in [-0.4, -0.2) is 21.2 Å². The lowest BCUT2D eigenvalue weighted by atomic mass is 10.3. The number of halogens is 2. The van der Waals surface area contributed by atoms with Crippen LogP contribution >= 0.6 is 39.0 Å². The van der Waals surface area contributed by atoms with Gasteiger partial charge in [-0.15, -0.1) is 11.3 Å². The number of hydrogen-bond acceptors (Lipinski definition) is 6. The van der Waals surface area contributed by atoms with Gasteiger partial charge in [0, 0.05) is 0 Å². The molecule has 1 aromatic carbocycles. The zero-order valence-electron chi connectivity index (χ0n) is 10.1. The van der Waals surface area contributed by atoms with Gasteiger partial charge in [0.2, 0.25) is 5.88 Å². The first-order chi connectivity index (χ1) is 9.67. The van der Waals surface area contributed by atoms with Crippen molar-refractivity contribution in [1.82, 2.24) is 15.0 Å². The van der Waals surface area contributed by atoms with Crippen LogP contribution < -0.4 is 4.74 Å². The Kier molecular flexibility index (Phi) is 3.86. The van der Waals surface area contributed by atoms with Crippen molar-refractivity contribution in [3.8, 4) is 11.6 Å². The van der Waals surface area contributed by atoms with Crippen molar-refractivity contribution in [3.05, 3.63) is 34.8 Å². The monoisotopic (exact) mass is 371 g/mol. The third kappa shape index (κ3) is 2.63. The third-order valence-electron chi connectivity index (χ3n) is 2.42. The van der Waals surface area contributed by atoms with E-state index >= 15 is 0 Å². The highest BCUT2D eigenvalue weighted by atomic mass is 79.9. The number of thiazole rings is 1. The molecule has 3 rings (SSSR count). The lowest BCUT2D eigenvalue weighted by Gasteiger charge is -2.05. The first-order valence-electron chi connectivity index (χ1n) is 5.46. The molecule has 0 fully saturated rings. The summed E-state index contributed by atoms with van der Waals surface area (Å²) in [4.78, 5) is 12.6. The van der Waals surface area contributed by atoms with Crippen LogP contribution in [0, 0.1) is 5.82 Å². The van der Waals surface area contributed by atoms with E-state index in [0.29, 0.717) is 21.7 Å². The summed E-state index contributed by atoms with van der Waals surface area (Å²) >= 11 is 6.13. The Balaban J connectivity index is 2.01. The molecule has 0 aliphatic rings. The average Bonchev–Trinajstić information content (AvgIpc) is 2.87. The normalized spacial score (nSPS) is 10.9. The second kappa shape index (κ2) is 5.63. The molecule has 0 radical (unpaired) electrons. The minimum absolute atomic E-state index is 0.340. The molecule has 0 N–H and O–H groups in total. The van der Waals surface area contributed by atoms with Crippen molar-refractivity contribution >= 4 is 49.4 Å². The minimum atomic E-state index is -0.340. The zero-order valence-corrected chi connectivity index (χ0v) is 13.4. The van der Waals surface area contributed by atoms with Gasteiger partial charge in [-0.2, -0.15) is 0 Å². The molecule has 0 atom stereocenters. The molecule has 102 valence electrons. The average molecular weight is 372 g/mol. The largest absolute Gasteiger partial charge is 0.437 e. The van der Waals surface area contributed by atoms with Crippen molar-refractivity contribution < 1.29 is 9.13 Å². The number of ether oxygens (including phenoxy) is 1. The Morgan fingerprint density at radius 2 is 2.20 bits per heavy atom. The van der Waals surface area contributed by atoms with Crippen molar-refractivity contribution in [1.29, 1.82) is 0 Å². The molecule has 0 bridgehead atoms. The van der Waals surface area contributed by atoms with Gasteiger partial charge in [-0.3, -0.25) is 0 Å². The first-order valence-corrected chi connectivity index (χ1v) is 8.29. The summed E-state index contributed by atoms with van der Waals surface area (Å²) < 4.78 is 20.9. The summed E-state index contributed by atoms with van der Waals surface area (Å²) in [7, 11) is 0. The molecule has 2 heterocycles. The SMILES string of the molecule is CSc1nc2ncnc(Oc3ccc(F)c(Br)c3)c2s1. The van der Waals surface area contributed by atoms with Crippen molar-refractivity contribution in [2.75, 3.05) is 6.26 Å². The standard InChI is InChI=1S/C12H7BrFN3OS2/c1-19-12-17-10-9(20-12)11(16-5-15-10)18-6-2-3-8(14)7(13)4-6/h2-5H,1H3. The van der Waals surface area contributed by atoms with Crippen LogP contribution in [0.3, 0.4) is 0 Å². The molecule has 0 saturated heterocycles. The molecule has 0 spiro atoms. The summed E-state index contributed by atoms with van der Waals surface area (Å²) in [6, 6.07) is 4.43. The van der Waals surface area contributed by atoms with E-state index in [2.05, 4.69) is 30.9 Å². The predicted octanol–water partition coefficient (Wildman–Crippen LogP) is 4.50. The van der Waals surface area contributed by atoms with Gasteiger partial charge in [-0.25, -0.2) is 19.3 Å². The van der Waals surface area contributed by atoms with Crippen LogP contribution in [0.4, 0.5) is 4.39 Å². The van der Waals surface area contributed by atoms with Crippen LogP contribution in [0.25, 0.3) is 10.3 Å². The van der Waals surface area contributed by atoms with Gasteiger partial charge in [-0.1, -0.05) is 11.8 Å². The highest BCUT2D eigenvalue weighted by Gasteiger charge is 2.12. The number of thioether (sulfide) groups is 1. The van der Waals surface area contributed by atoms with E-state index in [0.717, 1.165) is 9.04 Å². The Labute approximate surface area is 130 Å². The van der Waals surface area contributed by atoms with Crippen LogP contribution in [-0.2, 0) is 0 Å². The molecule has 0 amide bonds. The van der Waals surface area contributed by atoms with E-state index in [-0.39, 0.29) is 5.82 Å². The van der Waals surface area contributed by atoms with Gasteiger partial charge in [0.25, 0.3) is 0 Å². The number of hydrogen-bond donors (Lipinski definition) is 0. The van der Waals surface area contributed by atoms with Gasteiger partial charge in [0.1, 0.15) is 22.6 Å². The lowest BCUT2D eigenvalue weighted by Crippen LogP contribution is -1.90. The van der Waals surface area contributed by atoms with Crippen molar-refractivity contribution in [3.63, 3.8) is 0 Å². The van der Waals surface area contributed by atoms with E-state index < -0.39 is 0 Å². The molecule has 0 aliphatic heterocycles. The van der Waals surface area contributed by atoms with E-state index in [1.54, 1.807) is 23.9 Å². The number of aromatic nitrogens is 3. The van der Waals surface area contributed by atoms with Crippen LogP contribution in [0.5, 0.6) is 11.6 Å². The fourth-order valence-corrected chi connectivity index (χ4v) is 3.32. The summed E-state index contributed by atoms with van der Waals surface area (Å²) in [5.74, 6) is 0.580. The summed E-state index contributed by atoms with van der Waals surface area (Å²) in [6.45, 7) is 0. The quantitative estimate of drug-likeness (QED) is 0.634. The van der Waals surface area contributed by atoms with Crippen molar-refractivity contribution in [2.24, 2.45) is 0 Å². The maximum Gasteiger partial charge on any atom is 0.242 e. The first kappa shape index (κ1) is 13.7. The molecule has 4 nitrogen and oxygen atoms in total. The lowest BCUT2D eigenvalue weighted by molar-refractivity contribution is 0.466. The number of rotatable bonds is 3. The Morgan fingerprint density at radius 3 is 2.95 bits per heavy atom. The Bertz CT molecular complexity index is 780. The van der Waals surface area contributed by atoms with Gasteiger partial charge in [0.05, 0.1) is 4.47 Å². The third-order valence-corrected chi connectivity index (χ3v) is 5.04. The van der Waals surface area contributed by atoms with Crippen LogP contribution in [0.1, 0.15) is 0 Å². The molecule has 8 heteroatoms. The number of fused-ring (bicyclic) bond motifs is 1. The molecule has 0 aliphatic carbocycles. The Hall–Kier alpha value is -1.25. The topological polar surface area (TPSA) is 47.9 Å². The van der Waals surface area contributed by atoms with Crippen molar-refractivity contribution in [2.45, 2.75) is 4.34 Å². The minimum Gasteiger partial charge on any atom is -0.437 e. The molecule has 2 aromatic heterocycles. The summed E-state index contributed by atoms with van der Waals surface area (Å²) in [5, 5.41) is 0. The molecule has 0 unspecified atom stereocenters. The second-order valence-corrected chi connectivity index (χ2v) is 6.60. The van der Waals surface area contributed by atoms with Gasteiger partial charge < -0.3 is 4.74 Å². The van der Waals surface area contributed by atoms with Crippen LogP contribution in [0.15, 0.2) is 33.3 Å². The van der Waals surface area contributed by atoms with Gasteiger partial charge in [0.15, 0.2) is 9.99 Å². The number of benzene rings is 1. The highest BCUT2D eigenvalue weighted by Crippen LogP contribution is 2.34. The molecular weight excluding hydrogens is 365 g/mol. The van der Waals surface area contributed by atoms with Gasteiger partial charge >= 0.3 is 0 Å². The molecule has 3 aromatic rings. The molecular formula is C12H7BrFN3OS2. The number of nitrogens with zero attached hydrogens (tertiary/aromatic N) is 3. The van der Waals surface area contributed by atoms with E-state index in [9.17, 15) is 4.39 Å². The highest BCUT2D eigenvalue weighted by molar-refractivity contribution is 9.10. The molecule has 0 saturated carbocycles. The Morgan fingerprint density at radius 1 is 1.35 bits per heavy atom. The van der Waals surface area contributed by atoms with Gasteiger partial charge in [-0.05, 0) is 40.4 Å². The smallest absolute Gasteiger partial charge is 0.242 e.